The second kappa shape index (κ2) is 19.4. The number of amides is 2. The van der Waals surface area contributed by atoms with Crippen LogP contribution in [-0.2, 0) is 31.8 Å². The van der Waals surface area contributed by atoms with Gasteiger partial charge >= 0.3 is 6.09 Å². The first kappa shape index (κ1) is 46.2. The van der Waals surface area contributed by atoms with Gasteiger partial charge in [0.25, 0.3) is 0 Å². The largest absolute Gasteiger partial charge is 0.456 e. The highest BCUT2D eigenvalue weighted by Crippen LogP contribution is 2.45. The third-order valence-electron chi connectivity index (χ3n) is 13.0. The number of nitrogen functional groups attached to an aromatic ring is 1. The van der Waals surface area contributed by atoms with Crippen LogP contribution in [0.25, 0.3) is 22.5 Å². The number of pyridine rings is 2. The number of rotatable bonds is 6. The molecular formula is C54H57N7O9. The van der Waals surface area contributed by atoms with Gasteiger partial charge in [0.15, 0.2) is 0 Å². The Kier molecular flexibility index (Phi) is 12.8. The van der Waals surface area contributed by atoms with E-state index in [1.807, 2.05) is 93.6 Å². The highest BCUT2D eigenvalue weighted by atomic mass is 16.6. The highest BCUT2D eigenvalue weighted by Gasteiger charge is 2.37. The lowest BCUT2D eigenvalue weighted by Crippen LogP contribution is -2.45. The fourth-order valence-corrected chi connectivity index (χ4v) is 9.64. The maximum Gasteiger partial charge on any atom is 0.410 e. The van der Waals surface area contributed by atoms with Crippen molar-refractivity contribution in [3.05, 3.63) is 140 Å². The van der Waals surface area contributed by atoms with E-state index in [2.05, 4.69) is 31.2 Å². The number of morpholine rings is 2. The van der Waals surface area contributed by atoms with Gasteiger partial charge in [0.2, 0.25) is 17.0 Å². The normalized spacial score (nSPS) is 17.1. The third-order valence-corrected chi connectivity index (χ3v) is 13.0. The number of anilines is 4. The monoisotopic (exact) mass is 947 g/mol. The average Bonchev–Trinajstić information content (AvgIpc) is 3.86. The van der Waals surface area contributed by atoms with Crippen LogP contribution in [-0.4, -0.2) is 97.7 Å². The van der Waals surface area contributed by atoms with E-state index in [1.165, 1.54) is 4.90 Å². The zero-order valence-electron chi connectivity index (χ0n) is 39.6. The van der Waals surface area contributed by atoms with Crippen LogP contribution in [0.3, 0.4) is 0 Å². The predicted octanol–water partition coefficient (Wildman–Crippen LogP) is 8.07. The number of benzene rings is 4. The summed E-state index contributed by atoms with van der Waals surface area (Å²) in [5.41, 5.74) is 15.3. The Bertz CT molecular complexity index is 3080. The van der Waals surface area contributed by atoms with Gasteiger partial charge in [-0.05, 0) is 105 Å². The number of nitrogens with two attached hydrogens (primary N) is 1. The molecule has 0 saturated carbocycles. The molecule has 362 valence electrons. The van der Waals surface area contributed by atoms with Crippen LogP contribution in [0.4, 0.5) is 27.5 Å². The molecule has 3 saturated heterocycles. The molecule has 7 heterocycles. The molecule has 11 rings (SSSR count). The number of nitrogens with zero attached hydrogens (tertiary/aromatic N) is 3. The van der Waals surface area contributed by atoms with Crippen LogP contribution in [0.5, 0.6) is 23.0 Å². The molecule has 16 nitrogen and oxygen atoms in total. The van der Waals surface area contributed by atoms with Gasteiger partial charge in [-0.3, -0.25) is 19.3 Å². The van der Waals surface area contributed by atoms with E-state index in [1.54, 1.807) is 18.2 Å². The van der Waals surface area contributed by atoms with Crippen LogP contribution in [0.1, 0.15) is 55.9 Å². The molecule has 16 heteroatoms. The molecule has 3 fully saturated rings. The molecule has 5 aliphatic heterocycles. The lowest BCUT2D eigenvalue weighted by molar-refractivity contribution is -0.120. The standard InChI is InChI=1S/C32H36N4O6.C22H21N3O3/c1-32(2,3)42-31(39)36-11-5-8-26(36)30(38)33-22-9-10-27-21(17-22)16-20-6-4-7-24(29(20)41-27)25-18-23(19-28(37)34-25)35-12-14-40-15-13-35;23-16-4-5-20-15(11-16)10-14-2-1-3-18(22(14)28-20)19-12-17(13-21(26)24-19)25-6-8-27-9-7-25/h4,6-7,9-10,17-19,26H,5,8,11-16H2,1-3H3,(H,33,38)(H,34,37);1-5,11-13H,6-10,23H2,(H,24,26)/t26-;/m0./s1. The third kappa shape index (κ3) is 10.1. The Morgan fingerprint density at radius 2 is 1.19 bits per heavy atom. The fourth-order valence-electron chi connectivity index (χ4n) is 9.64. The highest BCUT2D eigenvalue weighted by molar-refractivity contribution is 5.97. The molecule has 2 amide bonds. The number of aromatic amines is 2. The molecule has 6 aromatic rings. The van der Waals surface area contributed by atoms with Crippen molar-refractivity contribution in [2.24, 2.45) is 0 Å². The molecule has 0 spiro atoms. The van der Waals surface area contributed by atoms with Crippen molar-refractivity contribution < 1.29 is 33.3 Å². The van der Waals surface area contributed by atoms with Gasteiger partial charge in [0, 0.05) is 103 Å². The Morgan fingerprint density at radius 3 is 1.73 bits per heavy atom. The van der Waals surface area contributed by atoms with Crippen molar-refractivity contribution in [2.45, 2.75) is 58.1 Å². The van der Waals surface area contributed by atoms with Crippen molar-refractivity contribution in [2.75, 3.05) is 80.0 Å². The lowest BCUT2D eigenvalue weighted by Gasteiger charge is -2.29. The van der Waals surface area contributed by atoms with Crippen LogP contribution >= 0.6 is 0 Å². The summed E-state index contributed by atoms with van der Waals surface area (Å²) in [6, 6.07) is 29.9. The van der Waals surface area contributed by atoms with Crippen molar-refractivity contribution in [1.82, 2.24) is 14.9 Å². The molecular weight excluding hydrogens is 891 g/mol. The lowest BCUT2D eigenvalue weighted by atomic mass is 9.96. The maximum absolute atomic E-state index is 13.2. The Labute approximate surface area is 405 Å². The summed E-state index contributed by atoms with van der Waals surface area (Å²) in [5.74, 6) is 2.75. The van der Waals surface area contributed by atoms with E-state index < -0.39 is 17.7 Å². The smallest absolute Gasteiger partial charge is 0.410 e. The Hall–Kier alpha value is -7.56. The van der Waals surface area contributed by atoms with Gasteiger partial charge in [0.05, 0.1) is 37.8 Å². The van der Waals surface area contributed by atoms with Crippen molar-refractivity contribution in [1.29, 1.82) is 0 Å². The second-order valence-electron chi connectivity index (χ2n) is 19.1. The number of likely N-dealkylation sites (tertiary alicyclic amines) is 1. The summed E-state index contributed by atoms with van der Waals surface area (Å²) in [7, 11) is 0. The minimum atomic E-state index is -0.629. The molecule has 0 bridgehead atoms. The minimum Gasteiger partial charge on any atom is -0.456 e. The summed E-state index contributed by atoms with van der Waals surface area (Å²) >= 11 is 0. The quantitative estimate of drug-likeness (QED) is 0.117. The van der Waals surface area contributed by atoms with Crippen LogP contribution < -0.4 is 41.4 Å². The summed E-state index contributed by atoms with van der Waals surface area (Å²) < 4.78 is 29.0. The number of fused-ring (bicyclic) bond motifs is 4. The number of nitrogens with one attached hydrogen (secondary N) is 3. The fraction of sp³-hybridized carbons (Fsp3) is 0.333. The van der Waals surface area contributed by atoms with Gasteiger partial charge in [-0.15, -0.1) is 0 Å². The predicted molar refractivity (Wildman–Crippen MR) is 269 cm³/mol. The first-order valence-corrected chi connectivity index (χ1v) is 23.9. The first-order valence-electron chi connectivity index (χ1n) is 23.9. The van der Waals surface area contributed by atoms with Gasteiger partial charge in [-0.1, -0.05) is 24.3 Å². The number of para-hydroxylation sites is 2. The van der Waals surface area contributed by atoms with E-state index in [-0.39, 0.29) is 17.0 Å². The van der Waals surface area contributed by atoms with Gasteiger partial charge in [-0.25, -0.2) is 4.79 Å². The van der Waals surface area contributed by atoms with Gasteiger partial charge < -0.3 is 54.5 Å². The van der Waals surface area contributed by atoms with Crippen LogP contribution in [0, 0.1) is 0 Å². The van der Waals surface area contributed by atoms with Crippen molar-refractivity contribution in [3.63, 3.8) is 0 Å². The van der Waals surface area contributed by atoms with E-state index in [9.17, 15) is 19.2 Å². The van der Waals surface area contributed by atoms with Crippen molar-refractivity contribution in [3.8, 4) is 45.5 Å². The maximum atomic E-state index is 13.2. The van der Waals surface area contributed by atoms with E-state index in [0.29, 0.717) is 68.7 Å². The Morgan fingerprint density at radius 1 is 0.657 bits per heavy atom. The molecule has 2 aromatic heterocycles. The summed E-state index contributed by atoms with van der Waals surface area (Å²) in [4.78, 5) is 62.6. The molecule has 0 radical (unpaired) electrons. The first-order chi connectivity index (χ1) is 33.8. The van der Waals surface area contributed by atoms with Gasteiger partial charge in [0.1, 0.15) is 34.6 Å². The SMILES string of the molecule is CC(C)(C)OC(=O)N1CCC[C@H]1C(=O)Nc1ccc2c(c1)Cc1cccc(-c3cc(N4CCOCC4)cc(=O)[nH]3)c1O2.Nc1ccc2c(c1)Cc1cccc(-c3cc(N4CCOCC4)cc(=O)[nH]3)c1O2. The zero-order valence-corrected chi connectivity index (χ0v) is 39.6. The van der Waals surface area contributed by atoms with E-state index >= 15 is 0 Å². The number of ether oxygens (including phenoxy) is 5. The number of H-pyrrole nitrogens is 2. The molecule has 1 atom stereocenters. The number of carbonyl (C=O) groups is 2. The topological polar surface area (TPSA) is 194 Å². The molecule has 5 N–H and O–H groups in total. The summed E-state index contributed by atoms with van der Waals surface area (Å²) in [6.45, 7) is 11.6. The summed E-state index contributed by atoms with van der Waals surface area (Å²) in [6.07, 6.45) is 2.21. The number of hydrogen-bond acceptors (Lipinski definition) is 12. The number of aromatic nitrogens is 2. The summed E-state index contributed by atoms with van der Waals surface area (Å²) in [5, 5.41) is 2.99. The second-order valence-corrected chi connectivity index (χ2v) is 19.1. The van der Waals surface area contributed by atoms with Crippen molar-refractivity contribution >= 4 is 34.7 Å². The Balaban J connectivity index is 0.000000175. The minimum absolute atomic E-state index is 0.124. The number of carbonyl (C=O) groups excluding carboxylic acids is 2. The van der Waals surface area contributed by atoms with E-state index in [4.69, 9.17) is 29.4 Å². The molecule has 0 aliphatic carbocycles. The molecule has 70 heavy (non-hydrogen) atoms. The van der Waals surface area contributed by atoms with Crippen LogP contribution in [0.15, 0.2) is 107 Å². The molecule has 5 aliphatic rings. The number of hydrogen-bond donors (Lipinski definition) is 4. The zero-order chi connectivity index (χ0) is 48.5. The van der Waals surface area contributed by atoms with Gasteiger partial charge in [-0.2, -0.15) is 0 Å². The van der Waals surface area contributed by atoms with E-state index in [0.717, 1.165) is 107 Å². The molecule has 4 aromatic carbocycles. The van der Waals surface area contributed by atoms with Crippen LogP contribution in [0.2, 0.25) is 0 Å². The average molecular weight is 948 g/mol. The molecule has 0 unspecified atom stereocenters.